The van der Waals surface area contributed by atoms with Gasteiger partial charge in [-0.05, 0) is 44.5 Å². The van der Waals surface area contributed by atoms with E-state index in [2.05, 4.69) is 15.4 Å². The first-order chi connectivity index (χ1) is 17.7. The van der Waals surface area contributed by atoms with Gasteiger partial charge in [-0.3, -0.25) is 14.0 Å². The van der Waals surface area contributed by atoms with Crippen LogP contribution in [0.4, 0.5) is 8.78 Å². The molecule has 0 saturated heterocycles. The highest BCUT2D eigenvalue weighted by Crippen LogP contribution is 2.25. The Kier molecular flexibility index (Phi) is 6.43. The number of benzene rings is 2. The van der Waals surface area contributed by atoms with Crippen LogP contribution in [0, 0.1) is 25.5 Å². The number of halogens is 2. The lowest BCUT2D eigenvalue weighted by atomic mass is 10.1. The summed E-state index contributed by atoms with van der Waals surface area (Å²) in [5.74, 6) is -1.47. The van der Waals surface area contributed by atoms with Crippen LogP contribution in [0.1, 0.15) is 35.6 Å². The molecule has 0 aliphatic carbocycles. The molecule has 0 spiro atoms. The van der Waals surface area contributed by atoms with Gasteiger partial charge in [-0.25, -0.2) is 18.4 Å². The van der Waals surface area contributed by atoms with Gasteiger partial charge in [0.25, 0.3) is 5.56 Å². The summed E-state index contributed by atoms with van der Waals surface area (Å²) >= 11 is 1.27. The van der Waals surface area contributed by atoms with Crippen LogP contribution >= 0.6 is 11.3 Å². The van der Waals surface area contributed by atoms with Crippen LogP contribution in [0.3, 0.4) is 0 Å². The van der Waals surface area contributed by atoms with E-state index in [-0.39, 0.29) is 40.9 Å². The molecule has 1 N–H and O–H groups in total. The number of aromatic nitrogens is 4. The monoisotopic (exact) mass is 519 g/mol. The quantitative estimate of drug-likeness (QED) is 0.345. The minimum Gasteiger partial charge on any atom is -0.349 e. The lowest BCUT2D eigenvalue weighted by Gasteiger charge is -2.14. The summed E-state index contributed by atoms with van der Waals surface area (Å²) in [5.41, 5.74) is 2.52. The SMILES string of the molecule is Cc1nc2scc(CC(=O)N[C@@H](C)c3ccccc3)n2c(=O)c1-c1cc(C)n(-c2cc(F)ccc2F)n1. The van der Waals surface area contributed by atoms with E-state index in [1.807, 2.05) is 37.3 Å². The highest BCUT2D eigenvalue weighted by atomic mass is 32.1. The molecule has 10 heteroatoms. The predicted octanol–water partition coefficient (Wildman–Crippen LogP) is 4.92. The van der Waals surface area contributed by atoms with E-state index >= 15 is 0 Å². The Balaban J connectivity index is 1.50. The molecule has 188 valence electrons. The van der Waals surface area contributed by atoms with Crippen LogP contribution in [-0.4, -0.2) is 25.1 Å². The molecule has 1 amide bonds. The predicted molar refractivity (Wildman–Crippen MR) is 138 cm³/mol. The second kappa shape index (κ2) is 9.70. The van der Waals surface area contributed by atoms with Gasteiger partial charge in [0.1, 0.15) is 23.0 Å². The Morgan fingerprint density at radius 3 is 2.62 bits per heavy atom. The molecule has 0 fully saturated rings. The molecule has 3 heterocycles. The molecule has 0 radical (unpaired) electrons. The van der Waals surface area contributed by atoms with Crippen LogP contribution in [-0.2, 0) is 11.2 Å². The van der Waals surface area contributed by atoms with Crippen molar-refractivity contribution in [2.75, 3.05) is 0 Å². The molecule has 2 aromatic carbocycles. The van der Waals surface area contributed by atoms with Gasteiger partial charge < -0.3 is 5.32 Å². The minimum absolute atomic E-state index is 0.0107. The average Bonchev–Trinajstić information content (AvgIpc) is 3.44. The number of nitrogens with one attached hydrogen (secondary N) is 1. The van der Waals surface area contributed by atoms with Crippen molar-refractivity contribution in [1.29, 1.82) is 0 Å². The fraction of sp³-hybridized carbons (Fsp3) is 0.185. The first-order valence-electron chi connectivity index (χ1n) is 11.6. The fourth-order valence-corrected chi connectivity index (χ4v) is 5.22. The van der Waals surface area contributed by atoms with Gasteiger partial charge in [-0.1, -0.05) is 30.3 Å². The van der Waals surface area contributed by atoms with Gasteiger partial charge in [0, 0.05) is 22.8 Å². The molecule has 7 nitrogen and oxygen atoms in total. The van der Waals surface area contributed by atoms with Crippen LogP contribution in [0.5, 0.6) is 0 Å². The van der Waals surface area contributed by atoms with E-state index in [1.165, 1.54) is 20.4 Å². The molecular formula is C27H23F2N5O2S. The van der Waals surface area contributed by atoms with Crippen molar-refractivity contribution in [2.45, 2.75) is 33.2 Å². The molecule has 0 aliphatic heterocycles. The molecule has 3 aromatic heterocycles. The molecule has 0 saturated carbocycles. The van der Waals surface area contributed by atoms with Gasteiger partial charge in [0.2, 0.25) is 5.91 Å². The largest absolute Gasteiger partial charge is 0.349 e. The third-order valence-corrected chi connectivity index (χ3v) is 6.99. The van der Waals surface area contributed by atoms with Gasteiger partial charge >= 0.3 is 0 Å². The number of carbonyl (C=O) groups is 1. The summed E-state index contributed by atoms with van der Waals surface area (Å²) in [6.45, 7) is 5.28. The lowest BCUT2D eigenvalue weighted by Crippen LogP contribution is -2.29. The third-order valence-electron chi connectivity index (χ3n) is 6.12. The Bertz CT molecular complexity index is 1690. The van der Waals surface area contributed by atoms with Crippen molar-refractivity contribution in [3.05, 3.63) is 105 Å². The summed E-state index contributed by atoms with van der Waals surface area (Å²) in [5, 5.41) is 9.11. The number of rotatable bonds is 6. The highest BCUT2D eigenvalue weighted by Gasteiger charge is 2.21. The smallest absolute Gasteiger partial charge is 0.268 e. The molecule has 5 aromatic rings. The van der Waals surface area contributed by atoms with E-state index in [0.717, 1.165) is 23.8 Å². The molecule has 1 atom stereocenters. The van der Waals surface area contributed by atoms with E-state index in [0.29, 0.717) is 22.0 Å². The van der Waals surface area contributed by atoms with Crippen molar-refractivity contribution in [1.82, 2.24) is 24.5 Å². The highest BCUT2D eigenvalue weighted by molar-refractivity contribution is 7.15. The normalized spacial score (nSPS) is 12.1. The third kappa shape index (κ3) is 4.67. The molecule has 5 rings (SSSR count). The summed E-state index contributed by atoms with van der Waals surface area (Å²) in [7, 11) is 0. The van der Waals surface area contributed by atoms with Crippen LogP contribution < -0.4 is 10.9 Å². The summed E-state index contributed by atoms with van der Waals surface area (Å²) < 4.78 is 30.9. The minimum atomic E-state index is -0.642. The Morgan fingerprint density at radius 2 is 1.86 bits per heavy atom. The number of nitrogens with zero attached hydrogens (tertiary/aromatic N) is 4. The van der Waals surface area contributed by atoms with Crippen molar-refractivity contribution in [2.24, 2.45) is 0 Å². The second-order valence-electron chi connectivity index (χ2n) is 8.78. The molecule has 0 unspecified atom stereocenters. The first-order valence-corrected chi connectivity index (χ1v) is 12.5. The van der Waals surface area contributed by atoms with Crippen molar-refractivity contribution in [3.8, 4) is 16.9 Å². The number of aryl methyl sites for hydroxylation is 2. The van der Waals surface area contributed by atoms with Crippen molar-refractivity contribution >= 4 is 22.2 Å². The van der Waals surface area contributed by atoms with Crippen molar-refractivity contribution in [3.63, 3.8) is 0 Å². The van der Waals surface area contributed by atoms with Gasteiger partial charge in [0.15, 0.2) is 4.96 Å². The Morgan fingerprint density at radius 1 is 1.11 bits per heavy atom. The number of thiazole rings is 1. The molecule has 37 heavy (non-hydrogen) atoms. The number of amides is 1. The van der Waals surface area contributed by atoms with Crippen LogP contribution in [0.25, 0.3) is 21.9 Å². The average molecular weight is 520 g/mol. The zero-order valence-electron chi connectivity index (χ0n) is 20.3. The molecular weight excluding hydrogens is 496 g/mol. The topological polar surface area (TPSA) is 81.3 Å². The van der Waals surface area contributed by atoms with Crippen LogP contribution in [0.15, 0.2) is 64.8 Å². The Labute approximate surface area is 215 Å². The summed E-state index contributed by atoms with van der Waals surface area (Å²) in [6.07, 6.45) is -0.0107. The maximum atomic E-state index is 14.4. The standard InChI is InChI=1S/C27H23F2N5O2S/c1-15-11-22(32-34(15)23-12-19(28)9-10-21(23)29)25-17(3)31-27-33(26(25)36)20(14-37-27)13-24(35)30-16(2)18-7-5-4-6-8-18/h4-12,14,16H,13H2,1-3H3,(H,30,35)/t16-/m0/s1. The first kappa shape index (κ1) is 24.5. The lowest BCUT2D eigenvalue weighted by molar-refractivity contribution is -0.121. The van der Waals surface area contributed by atoms with Gasteiger partial charge in [-0.15, -0.1) is 11.3 Å². The fourth-order valence-electron chi connectivity index (χ4n) is 4.29. The van der Waals surface area contributed by atoms with Crippen molar-refractivity contribution < 1.29 is 13.6 Å². The van der Waals surface area contributed by atoms with Crippen LogP contribution in [0.2, 0.25) is 0 Å². The van der Waals surface area contributed by atoms with E-state index < -0.39 is 11.6 Å². The van der Waals surface area contributed by atoms with E-state index in [1.54, 1.807) is 25.3 Å². The maximum Gasteiger partial charge on any atom is 0.268 e. The second-order valence-corrected chi connectivity index (χ2v) is 9.61. The maximum absolute atomic E-state index is 14.4. The summed E-state index contributed by atoms with van der Waals surface area (Å²) in [4.78, 5) is 31.5. The zero-order chi connectivity index (χ0) is 26.3. The Hall–Kier alpha value is -4.18. The number of carbonyl (C=O) groups excluding carboxylic acids is 1. The number of fused-ring (bicyclic) bond motifs is 1. The zero-order valence-corrected chi connectivity index (χ0v) is 21.1. The number of hydrogen-bond donors (Lipinski definition) is 1. The number of hydrogen-bond acceptors (Lipinski definition) is 5. The van der Waals surface area contributed by atoms with E-state index in [9.17, 15) is 18.4 Å². The van der Waals surface area contributed by atoms with Gasteiger partial charge in [-0.2, -0.15) is 5.10 Å². The van der Waals surface area contributed by atoms with E-state index in [4.69, 9.17) is 0 Å². The summed E-state index contributed by atoms with van der Waals surface area (Å²) in [6, 6.07) is 14.1. The molecule has 0 bridgehead atoms. The molecule has 0 aliphatic rings. The van der Waals surface area contributed by atoms with Gasteiger partial charge in [0.05, 0.1) is 23.7 Å².